The van der Waals surface area contributed by atoms with E-state index < -0.39 is 5.54 Å². The molecule has 2 aliphatic rings. The van der Waals surface area contributed by atoms with E-state index in [1.54, 1.807) is 0 Å². The minimum absolute atomic E-state index is 0.0614. The second-order valence-corrected chi connectivity index (χ2v) is 6.72. The van der Waals surface area contributed by atoms with E-state index in [0.29, 0.717) is 18.0 Å². The second kappa shape index (κ2) is 6.44. The standard InChI is InChI=1S/C16H30N2O2/c1-5-10-18(12(2)3)11-16(13-6-7-13,15(19)20-4)17-14-8-9-14/h12-14,17H,5-11H2,1-4H3. The molecule has 2 fully saturated rings. The van der Waals surface area contributed by atoms with Gasteiger partial charge in [-0.25, -0.2) is 4.79 Å². The molecular weight excluding hydrogens is 252 g/mol. The smallest absolute Gasteiger partial charge is 0.327 e. The third-order valence-corrected chi connectivity index (χ3v) is 4.56. The van der Waals surface area contributed by atoms with E-state index in [1.165, 1.54) is 20.0 Å². The van der Waals surface area contributed by atoms with E-state index in [1.807, 2.05) is 0 Å². The van der Waals surface area contributed by atoms with Crippen LogP contribution in [0.1, 0.15) is 52.9 Å². The number of hydrogen-bond donors (Lipinski definition) is 1. The lowest BCUT2D eigenvalue weighted by molar-refractivity contribution is -0.151. The van der Waals surface area contributed by atoms with Crippen molar-refractivity contribution < 1.29 is 9.53 Å². The molecule has 0 spiro atoms. The molecule has 0 amide bonds. The molecule has 4 nitrogen and oxygen atoms in total. The first kappa shape index (κ1) is 15.8. The number of carbonyl (C=O) groups is 1. The van der Waals surface area contributed by atoms with E-state index in [-0.39, 0.29) is 5.97 Å². The Labute approximate surface area is 123 Å². The van der Waals surface area contributed by atoms with Gasteiger partial charge in [-0.1, -0.05) is 6.92 Å². The number of ether oxygens (including phenoxy) is 1. The van der Waals surface area contributed by atoms with Crippen LogP contribution in [0.15, 0.2) is 0 Å². The van der Waals surface area contributed by atoms with E-state index in [0.717, 1.165) is 32.4 Å². The van der Waals surface area contributed by atoms with Crippen molar-refractivity contribution >= 4 is 5.97 Å². The summed E-state index contributed by atoms with van der Waals surface area (Å²) in [6.45, 7) is 8.44. The summed E-state index contributed by atoms with van der Waals surface area (Å²) in [5.41, 5.74) is -0.477. The van der Waals surface area contributed by atoms with Gasteiger partial charge in [0.15, 0.2) is 0 Å². The predicted molar refractivity (Wildman–Crippen MR) is 80.6 cm³/mol. The molecule has 0 aliphatic heterocycles. The van der Waals surface area contributed by atoms with E-state index in [4.69, 9.17) is 4.74 Å². The number of carbonyl (C=O) groups excluding carboxylic acids is 1. The van der Waals surface area contributed by atoms with Crippen molar-refractivity contribution in [3.63, 3.8) is 0 Å². The number of methoxy groups -OCH3 is 1. The predicted octanol–water partition coefficient (Wildman–Crippen LogP) is 2.18. The zero-order chi connectivity index (χ0) is 14.8. The molecule has 2 saturated carbocycles. The summed E-state index contributed by atoms with van der Waals surface area (Å²) in [5, 5.41) is 3.64. The number of hydrogen-bond acceptors (Lipinski definition) is 4. The molecule has 4 heteroatoms. The SMILES string of the molecule is CCCN(CC(NC1CC1)(C(=O)OC)C1CC1)C(C)C. The number of rotatable bonds is 9. The number of nitrogens with zero attached hydrogens (tertiary/aromatic N) is 1. The van der Waals surface area contributed by atoms with Crippen LogP contribution in [0.4, 0.5) is 0 Å². The molecule has 0 aromatic carbocycles. The Bertz CT molecular complexity index is 337. The van der Waals surface area contributed by atoms with Crippen LogP contribution in [0.25, 0.3) is 0 Å². The van der Waals surface area contributed by atoms with Crippen LogP contribution in [-0.4, -0.2) is 48.7 Å². The highest BCUT2D eigenvalue weighted by atomic mass is 16.5. The molecule has 0 saturated heterocycles. The van der Waals surface area contributed by atoms with Gasteiger partial charge < -0.3 is 4.74 Å². The fourth-order valence-electron chi connectivity index (χ4n) is 3.06. The normalized spacial score (nSPS) is 22.1. The van der Waals surface area contributed by atoms with Gasteiger partial charge in [-0.2, -0.15) is 0 Å². The van der Waals surface area contributed by atoms with Gasteiger partial charge in [0.25, 0.3) is 0 Å². The van der Waals surface area contributed by atoms with Gasteiger partial charge >= 0.3 is 5.97 Å². The maximum absolute atomic E-state index is 12.5. The third kappa shape index (κ3) is 3.53. The monoisotopic (exact) mass is 282 g/mol. The largest absolute Gasteiger partial charge is 0.468 e. The minimum atomic E-state index is -0.477. The molecule has 20 heavy (non-hydrogen) atoms. The Kier molecular flexibility index (Phi) is 5.08. The van der Waals surface area contributed by atoms with Crippen molar-refractivity contribution in [2.45, 2.75) is 70.5 Å². The van der Waals surface area contributed by atoms with Crippen molar-refractivity contribution in [1.29, 1.82) is 0 Å². The third-order valence-electron chi connectivity index (χ3n) is 4.56. The van der Waals surface area contributed by atoms with Crippen LogP contribution >= 0.6 is 0 Å². The summed E-state index contributed by atoms with van der Waals surface area (Å²) in [6, 6.07) is 0.976. The lowest BCUT2D eigenvalue weighted by Gasteiger charge is -2.39. The topological polar surface area (TPSA) is 41.6 Å². The highest BCUT2D eigenvalue weighted by Crippen LogP contribution is 2.43. The van der Waals surface area contributed by atoms with E-state index >= 15 is 0 Å². The first-order chi connectivity index (χ1) is 9.53. The Morgan fingerprint density at radius 2 is 2.00 bits per heavy atom. The molecule has 2 aliphatic carbocycles. The summed E-state index contributed by atoms with van der Waals surface area (Å²) in [7, 11) is 1.52. The average molecular weight is 282 g/mol. The molecule has 0 aromatic heterocycles. The lowest BCUT2D eigenvalue weighted by Crippen LogP contribution is -2.62. The highest BCUT2D eigenvalue weighted by Gasteiger charge is 2.54. The quantitative estimate of drug-likeness (QED) is 0.658. The molecule has 0 radical (unpaired) electrons. The molecular formula is C16H30N2O2. The van der Waals surface area contributed by atoms with Gasteiger partial charge in [0.05, 0.1) is 7.11 Å². The Hall–Kier alpha value is -0.610. The molecule has 0 aromatic rings. The molecule has 0 bridgehead atoms. The van der Waals surface area contributed by atoms with Crippen molar-refractivity contribution in [1.82, 2.24) is 10.2 Å². The van der Waals surface area contributed by atoms with Crippen LogP contribution in [-0.2, 0) is 9.53 Å². The Morgan fingerprint density at radius 1 is 1.35 bits per heavy atom. The Balaban J connectivity index is 2.16. The van der Waals surface area contributed by atoms with Gasteiger partial charge in [0.1, 0.15) is 5.54 Å². The van der Waals surface area contributed by atoms with E-state index in [9.17, 15) is 4.79 Å². The molecule has 116 valence electrons. The zero-order valence-electron chi connectivity index (χ0n) is 13.4. The lowest BCUT2D eigenvalue weighted by atomic mass is 9.91. The summed E-state index contributed by atoms with van der Waals surface area (Å²) in [6.07, 6.45) is 5.80. The second-order valence-electron chi connectivity index (χ2n) is 6.72. The highest BCUT2D eigenvalue weighted by molar-refractivity contribution is 5.82. The van der Waals surface area contributed by atoms with Gasteiger partial charge in [-0.3, -0.25) is 10.2 Å². The van der Waals surface area contributed by atoms with Crippen LogP contribution in [0.5, 0.6) is 0 Å². The van der Waals surface area contributed by atoms with Gasteiger partial charge in [0, 0.05) is 18.6 Å². The molecule has 1 atom stereocenters. The minimum Gasteiger partial charge on any atom is -0.468 e. The fourth-order valence-corrected chi connectivity index (χ4v) is 3.06. The molecule has 2 rings (SSSR count). The van der Waals surface area contributed by atoms with Gasteiger partial charge in [0.2, 0.25) is 0 Å². The van der Waals surface area contributed by atoms with Crippen LogP contribution in [0.3, 0.4) is 0 Å². The summed E-state index contributed by atoms with van der Waals surface area (Å²) < 4.78 is 5.18. The summed E-state index contributed by atoms with van der Waals surface area (Å²) in [5.74, 6) is 0.391. The molecule has 0 heterocycles. The van der Waals surface area contributed by atoms with Crippen LogP contribution in [0.2, 0.25) is 0 Å². The summed E-state index contributed by atoms with van der Waals surface area (Å²) >= 11 is 0. The van der Waals surface area contributed by atoms with Crippen molar-refractivity contribution in [3.8, 4) is 0 Å². The number of nitrogens with one attached hydrogen (secondary N) is 1. The van der Waals surface area contributed by atoms with Gasteiger partial charge in [-0.15, -0.1) is 0 Å². The molecule has 1 N–H and O–H groups in total. The maximum Gasteiger partial charge on any atom is 0.327 e. The van der Waals surface area contributed by atoms with Crippen LogP contribution in [0, 0.1) is 5.92 Å². The fraction of sp³-hybridized carbons (Fsp3) is 0.938. The zero-order valence-corrected chi connectivity index (χ0v) is 13.4. The first-order valence-corrected chi connectivity index (χ1v) is 8.13. The number of esters is 1. The van der Waals surface area contributed by atoms with Gasteiger partial charge in [-0.05, 0) is 58.4 Å². The average Bonchev–Trinajstić information content (AvgIpc) is 3.27. The Morgan fingerprint density at radius 3 is 2.40 bits per heavy atom. The van der Waals surface area contributed by atoms with Crippen molar-refractivity contribution in [2.75, 3.05) is 20.2 Å². The first-order valence-electron chi connectivity index (χ1n) is 8.13. The van der Waals surface area contributed by atoms with Crippen molar-refractivity contribution in [2.24, 2.45) is 5.92 Å². The maximum atomic E-state index is 12.5. The van der Waals surface area contributed by atoms with Crippen molar-refractivity contribution in [3.05, 3.63) is 0 Å². The summed E-state index contributed by atoms with van der Waals surface area (Å²) in [4.78, 5) is 15.0. The van der Waals surface area contributed by atoms with Crippen LogP contribution < -0.4 is 5.32 Å². The molecule has 1 unspecified atom stereocenters. The van der Waals surface area contributed by atoms with E-state index in [2.05, 4.69) is 31.0 Å².